The number of cyclic esters (lactones) is 1. The molecule has 2 saturated heterocycles. The van der Waals surface area contributed by atoms with Gasteiger partial charge in [-0.25, -0.2) is 19.6 Å². The van der Waals surface area contributed by atoms with Crippen molar-refractivity contribution in [2.45, 2.75) is 77.4 Å². The minimum Gasteiger partial charge on any atom is -0.447 e. The van der Waals surface area contributed by atoms with Gasteiger partial charge in [0, 0.05) is 24.2 Å². The van der Waals surface area contributed by atoms with E-state index in [1.165, 1.54) is 4.90 Å². The summed E-state index contributed by atoms with van der Waals surface area (Å²) >= 11 is 0. The number of esters is 2. The van der Waals surface area contributed by atoms with E-state index in [0.29, 0.717) is 5.82 Å². The molecule has 4 fully saturated rings. The fourth-order valence-corrected chi connectivity index (χ4v) is 6.20. The van der Waals surface area contributed by atoms with Crippen LogP contribution in [0.4, 0.5) is 4.79 Å². The third-order valence-electron chi connectivity index (χ3n) is 7.86. The maximum Gasteiger partial charge on any atom is 0.412 e. The second kappa shape index (κ2) is 7.99. The Bertz CT molecular complexity index is 1070. The van der Waals surface area contributed by atoms with Gasteiger partial charge in [-0.3, -0.25) is 14.5 Å². The van der Waals surface area contributed by atoms with Crippen LogP contribution in [-0.2, 0) is 23.9 Å². The second-order valence-corrected chi connectivity index (χ2v) is 11.0. The van der Waals surface area contributed by atoms with Crippen molar-refractivity contribution in [2.75, 3.05) is 13.2 Å². The van der Waals surface area contributed by atoms with Gasteiger partial charge in [0.05, 0.1) is 11.5 Å². The van der Waals surface area contributed by atoms with Crippen molar-refractivity contribution in [3.8, 4) is 0 Å². The summed E-state index contributed by atoms with van der Waals surface area (Å²) in [4.78, 5) is 63.0. The first-order valence-corrected chi connectivity index (χ1v) is 12.4. The van der Waals surface area contributed by atoms with E-state index >= 15 is 0 Å². The zero-order chi connectivity index (χ0) is 25.2. The van der Waals surface area contributed by atoms with Crippen LogP contribution in [0.25, 0.3) is 0 Å². The van der Waals surface area contributed by atoms with E-state index in [0.717, 1.165) is 32.1 Å². The van der Waals surface area contributed by atoms with Crippen molar-refractivity contribution >= 4 is 23.9 Å². The standard InChI is InChI=1S/C25H32N4O6/c1-5-6-7-8-10-15-14-34-22(33)29(15)25-18-17(19-26-11-9-12-27-19)24(18,25)20(31)28(25)13-16(30)35-21(32)23(2,3)4/h9,11-12,15,17-18H,5-8,10,13-14H2,1-4H3/t15-,17?,18-,24-,25+/m0/s1. The predicted molar refractivity (Wildman–Crippen MR) is 121 cm³/mol. The Morgan fingerprint density at radius 2 is 1.89 bits per heavy atom. The van der Waals surface area contributed by atoms with E-state index in [4.69, 9.17) is 9.47 Å². The van der Waals surface area contributed by atoms with Crippen molar-refractivity contribution in [1.82, 2.24) is 19.8 Å². The van der Waals surface area contributed by atoms with Gasteiger partial charge in [0.1, 0.15) is 30.1 Å². The molecular formula is C25H32N4O6. The maximum absolute atomic E-state index is 13.4. The molecule has 1 aromatic heterocycles. The number of β-lactam (4-membered cyclic amide) rings is 1. The van der Waals surface area contributed by atoms with Crippen molar-refractivity contribution in [1.29, 1.82) is 0 Å². The molecule has 2 saturated carbocycles. The first-order valence-electron chi connectivity index (χ1n) is 12.4. The summed E-state index contributed by atoms with van der Waals surface area (Å²) in [5.41, 5.74) is -2.62. The van der Waals surface area contributed by atoms with Crippen LogP contribution >= 0.6 is 0 Å². The highest BCUT2D eigenvalue weighted by molar-refractivity contribution is 6.08. The van der Waals surface area contributed by atoms with Crippen LogP contribution in [0.3, 0.4) is 0 Å². The van der Waals surface area contributed by atoms with E-state index in [1.54, 1.807) is 44.1 Å². The molecule has 1 spiro atoms. The predicted octanol–water partition coefficient (Wildman–Crippen LogP) is 2.64. The molecule has 0 radical (unpaired) electrons. The average molecular weight is 485 g/mol. The van der Waals surface area contributed by atoms with Gasteiger partial charge in [-0.05, 0) is 33.3 Å². The van der Waals surface area contributed by atoms with E-state index in [2.05, 4.69) is 16.9 Å². The number of hydrogen-bond acceptors (Lipinski definition) is 8. The van der Waals surface area contributed by atoms with Gasteiger partial charge in [-0.15, -0.1) is 0 Å². The zero-order valence-corrected chi connectivity index (χ0v) is 20.7. The molecule has 0 N–H and O–H groups in total. The number of nitrogens with zero attached hydrogens (tertiary/aromatic N) is 4. The van der Waals surface area contributed by atoms with E-state index < -0.39 is 41.1 Å². The van der Waals surface area contributed by atoms with Crippen LogP contribution in [-0.4, -0.2) is 68.6 Å². The lowest BCUT2D eigenvalue weighted by Gasteiger charge is -2.53. The number of unbranched alkanes of at least 4 members (excludes halogenated alkanes) is 3. The number of amides is 2. The van der Waals surface area contributed by atoms with Crippen LogP contribution in [0.1, 0.15) is 71.5 Å². The van der Waals surface area contributed by atoms with Crippen LogP contribution in [0, 0.1) is 16.7 Å². The van der Waals surface area contributed by atoms with Gasteiger partial charge in [-0.1, -0.05) is 32.6 Å². The summed E-state index contributed by atoms with van der Waals surface area (Å²) in [5.74, 6) is -1.54. The van der Waals surface area contributed by atoms with Crippen molar-refractivity contribution < 1.29 is 28.7 Å². The number of likely N-dealkylation sites (tertiary alicyclic amines) is 1. The van der Waals surface area contributed by atoms with Crippen molar-refractivity contribution in [2.24, 2.45) is 16.7 Å². The number of fused-ring (bicyclic) bond motifs is 1. The van der Waals surface area contributed by atoms with Gasteiger partial charge in [0.2, 0.25) is 5.91 Å². The number of rotatable bonds is 9. The number of carbonyl (C=O) groups excluding carboxylic acids is 4. The molecule has 2 aliphatic heterocycles. The normalized spacial score (nSPS) is 32.4. The fourth-order valence-electron chi connectivity index (χ4n) is 6.20. The van der Waals surface area contributed by atoms with Crippen LogP contribution in [0.2, 0.25) is 0 Å². The molecule has 35 heavy (non-hydrogen) atoms. The van der Waals surface area contributed by atoms with E-state index in [9.17, 15) is 19.2 Å². The maximum atomic E-state index is 13.4. The van der Waals surface area contributed by atoms with Crippen LogP contribution in [0.15, 0.2) is 18.5 Å². The molecule has 10 heteroatoms. The number of piperidine rings is 1. The molecule has 1 unspecified atom stereocenters. The highest BCUT2D eigenvalue weighted by Crippen LogP contribution is 2.97. The molecule has 188 valence electrons. The number of ether oxygens (including phenoxy) is 2. The van der Waals surface area contributed by atoms with Crippen LogP contribution in [0.5, 0.6) is 0 Å². The quantitative estimate of drug-likeness (QED) is 0.227. The van der Waals surface area contributed by atoms with Crippen molar-refractivity contribution in [3.05, 3.63) is 24.3 Å². The highest BCUT2D eigenvalue weighted by Gasteiger charge is 3.11. The topological polar surface area (TPSA) is 119 Å². The summed E-state index contributed by atoms with van der Waals surface area (Å²) in [7, 11) is 0. The lowest BCUT2D eigenvalue weighted by atomic mass is 9.82. The van der Waals surface area contributed by atoms with Gasteiger partial charge in [0.15, 0.2) is 0 Å². The van der Waals surface area contributed by atoms with Gasteiger partial charge in [-0.2, -0.15) is 0 Å². The molecule has 10 nitrogen and oxygen atoms in total. The van der Waals surface area contributed by atoms with E-state index in [-0.39, 0.29) is 30.4 Å². The van der Waals surface area contributed by atoms with Crippen LogP contribution < -0.4 is 0 Å². The molecule has 0 aromatic carbocycles. The first-order chi connectivity index (χ1) is 16.6. The second-order valence-electron chi connectivity index (χ2n) is 11.0. The molecule has 3 heterocycles. The highest BCUT2D eigenvalue weighted by atomic mass is 16.6. The Kier molecular flexibility index (Phi) is 5.41. The molecule has 0 bridgehead atoms. The molecule has 4 aliphatic rings. The largest absolute Gasteiger partial charge is 0.447 e. The van der Waals surface area contributed by atoms with Gasteiger partial charge < -0.3 is 14.4 Å². The summed E-state index contributed by atoms with van der Waals surface area (Å²) in [5, 5.41) is 0. The summed E-state index contributed by atoms with van der Waals surface area (Å²) in [6, 6.07) is 1.54. The Morgan fingerprint density at radius 3 is 2.51 bits per heavy atom. The minimum atomic E-state index is -0.944. The van der Waals surface area contributed by atoms with Crippen molar-refractivity contribution in [3.63, 3.8) is 0 Å². The number of aromatic nitrogens is 2. The smallest absolute Gasteiger partial charge is 0.412 e. The number of carbonyl (C=O) groups is 4. The zero-order valence-electron chi connectivity index (χ0n) is 20.7. The molecule has 5 rings (SSSR count). The summed E-state index contributed by atoms with van der Waals surface area (Å²) in [6.45, 7) is 6.96. The Morgan fingerprint density at radius 1 is 1.17 bits per heavy atom. The van der Waals surface area contributed by atoms with Gasteiger partial charge >= 0.3 is 18.0 Å². The third-order valence-corrected chi connectivity index (χ3v) is 7.86. The van der Waals surface area contributed by atoms with Gasteiger partial charge in [0.25, 0.3) is 0 Å². The molecule has 2 amide bonds. The fraction of sp³-hybridized carbons (Fsp3) is 0.680. The first kappa shape index (κ1) is 23.7. The average Bonchev–Trinajstić information content (AvgIpc) is 3.62. The molecular weight excluding hydrogens is 452 g/mol. The Labute approximate surface area is 204 Å². The summed E-state index contributed by atoms with van der Waals surface area (Å²) < 4.78 is 10.5. The monoisotopic (exact) mass is 484 g/mol. The minimum absolute atomic E-state index is 0.177. The Hall–Kier alpha value is -3.04. The lowest BCUT2D eigenvalue weighted by Crippen LogP contribution is -2.73. The molecule has 1 aromatic rings. The lowest BCUT2D eigenvalue weighted by molar-refractivity contribution is -0.183. The molecule has 5 atom stereocenters. The van der Waals surface area contributed by atoms with E-state index in [1.807, 2.05) is 0 Å². The molecule has 2 aliphatic carbocycles. The third kappa shape index (κ3) is 3.14. The SMILES string of the molecule is CCCCCC[C@H]1COC(=O)N1[C@]12[C@H]3C(c4ncccn4)[C@@]31C(=O)N2CC(=O)OC(=O)C(C)(C)C. The summed E-state index contributed by atoms with van der Waals surface area (Å²) in [6.07, 6.45) is 7.78. The Balaban J connectivity index is 1.39. The number of hydrogen-bond donors (Lipinski definition) is 0.